The Morgan fingerprint density at radius 3 is 2.71 bits per heavy atom. The van der Waals surface area contributed by atoms with Gasteiger partial charge in [0.25, 0.3) is 0 Å². The summed E-state index contributed by atoms with van der Waals surface area (Å²) in [7, 11) is 0. The van der Waals surface area contributed by atoms with Crippen molar-refractivity contribution in [2.45, 2.75) is 26.7 Å². The van der Waals surface area contributed by atoms with Crippen LogP contribution in [0.25, 0.3) is 22.4 Å². The van der Waals surface area contributed by atoms with Gasteiger partial charge in [0.2, 0.25) is 5.58 Å². The van der Waals surface area contributed by atoms with Crippen LogP contribution in [0, 0.1) is 6.92 Å². The Hall–Kier alpha value is -2.43. The van der Waals surface area contributed by atoms with Crippen molar-refractivity contribution in [1.29, 1.82) is 0 Å². The number of hydrogen-bond acceptors (Lipinski definition) is 5. The number of anilines is 1. The van der Waals surface area contributed by atoms with Crippen LogP contribution in [0.4, 0.5) is 5.82 Å². The Morgan fingerprint density at radius 1 is 1.14 bits per heavy atom. The van der Waals surface area contributed by atoms with Gasteiger partial charge in [0.05, 0.1) is 0 Å². The van der Waals surface area contributed by atoms with Gasteiger partial charge in [-0.05, 0) is 13.3 Å². The molecule has 0 atom stereocenters. The van der Waals surface area contributed by atoms with Crippen LogP contribution in [-0.4, -0.2) is 21.7 Å². The normalized spacial score (nSPS) is 11.0. The molecular weight excluding hydrogens is 264 g/mol. The topological polar surface area (TPSA) is 63.8 Å². The first kappa shape index (κ1) is 13.5. The number of nitrogens with one attached hydrogen (secondary N) is 1. The van der Waals surface area contributed by atoms with Crippen molar-refractivity contribution >= 4 is 16.9 Å². The third-order valence-electron chi connectivity index (χ3n) is 3.40. The van der Waals surface area contributed by atoms with Crippen LogP contribution >= 0.6 is 0 Å². The van der Waals surface area contributed by atoms with Crippen LogP contribution in [0.15, 0.2) is 35.1 Å². The van der Waals surface area contributed by atoms with E-state index >= 15 is 0 Å². The summed E-state index contributed by atoms with van der Waals surface area (Å²) in [5.41, 5.74) is 4.32. The van der Waals surface area contributed by atoms with E-state index in [4.69, 9.17) is 4.52 Å². The quantitative estimate of drug-likeness (QED) is 0.721. The van der Waals surface area contributed by atoms with Crippen molar-refractivity contribution < 1.29 is 4.52 Å². The second-order valence-corrected chi connectivity index (χ2v) is 5.08. The number of unbranched alkanes of at least 4 members (excludes halogenated alkanes) is 1. The molecule has 3 rings (SSSR count). The van der Waals surface area contributed by atoms with E-state index in [1.54, 1.807) is 6.33 Å². The van der Waals surface area contributed by atoms with E-state index in [9.17, 15) is 0 Å². The second kappa shape index (κ2) is 5.91. The molecule has 0 aliphatic rings. The average molecular weight is 282 g/mol. The van der Waals surface area contributed by atoms with Crippen molar-refractivity contribution in [3.05, 3.63) is 36.2 Å². The van der Waals surface area contributed by atoms with E-state index in [-0.39, 0.29) is 0 Å². The lowest BCUT2D eigenvalue weighted by molar-refractivity contribution is 0.459. The lowest BCUT2D eigenvalue weighted by Crippen LogP contribution is -2.03. The van der Waals surface area contributed by atoms with Crippen molar-refractivity contribution in [1.82, 2.24) is 15.1 Å². The zero-order valence-electron chi connectivity index (χ0n) is 12.3. The summed E-state index contributed by atoms with van der Waals surface area (Å²) in [6.07, 6.45) is 3.77. The summed E-state index contributed by atoms with van der Waals surface area (Å²) >= 11 is 0. The van der Waals surface area contributed by atoms with Gasteiger partial charge in [-0.3, -0.25) is 0 Å². The molecule has 1 aromatic carbocycles. The lowest BCUT2D eigenvalue weighted by atomic mass is 10.1. The minimum Gasteiger partial charge on any atom is -0.367 e. The number of nitrogens with zero attached hydrogens (tertiary/aromatic N) is 3. The van der Waals surface area contributed by atoms with Crippen LogP contribution in [0.2, 0.25) is 0 Å². The molecule has 0 fully saturated rings. The summed E-state index contributed by atoms with van der Waals surface area (Å²) in [4.78, 5) is 8.57. The molecular formula is C16H18N4O. The van der Waals surface area contributed by atoms with E-state index < -0.39 is 0 Å². The first-order valence-electron chi connectivity index (χ1n) is 7.21. The van der Waals surface area contributed by atoms with E-state index in [1.807, 2.05) is 12.1 Å². The molecule has 0 radical (unpaired) electrons. The van der Waals surface area contributed by atoms with E-state index in [0.717, 1.165) is 36.2 Å². The summed E-state index contributed by atoms with van der Waals surface area (Å²) in [6.45, 7) is 5.08. The summed E-state index contributed by atoms with van der Waals surface area (Å²) < 4.78 is 5.46. The SMILES string of the molecule is CCCCNc1ncnc2c(-c3ccc(C)cc3)noc12. The van der Waals surface area contributed by atoms with E-state index in [0.29, 0.717) is 11.4 Å². The molecule has 5 nitrogen and oxygen atoms in total. The molecule has 108 valence electrons. The molecule has 0 spiro atoms. The number of aryl methyl sites for hydroxylation is 1. The fourth-order valence-corrected chi connectivity index (χ4v) is 2.17. The first-order valence-corrected chi connectivity index (χ1v) is 7.21. The van der Waals surface area contributed by atoms with Gasteiger partial charge in [0.1, 0.15) is 17.5 Å². The van der Waals surface area contributed by atoms with Gasteiger partial charge in [-0.15, -0.1) is 0 Å². The van der Waals surface area contributed by atoms with Crippen molar-refractivity contribution in [3.63, 3.8) is 0 Å². The minimum atomic E-state index is 0.615. The zero-order chi connectivity index (χ0) is 14.7. The molecule has 0 bridgehead atoms. The Kier molecular flexibility index (Phi) is 3.81. The number of hydrogen-bond donors (Lipinski definition) is 1. The highest BCUT2D eigenvalue weighted by Gasteiger charge is 2.15. The molecule has 2 heterocycles. The predicted molar refractivity (Wildman–Crippen MR) is 83.2 cm³/mol. The van der Waals surface area contributed by atoms with Gasteiger partial charge < -0.3 is 9.84 Å². The molecule has 3 aromatic rings. The molecule has 0 amide bonds. The fourth-order valence-electron chi connectivity index (χ4n) is 2.17. The highest BCUT2D eigenvalue weighted by molar-refractivity contribution is 5.93. The molecule has 21 heavy (non-hydrogen) atoms. The van der Waals surface area contributed by atoms with Gasteiger partial charge >= 0.3 is 0 Å². The van der Waals surface area contributed by atoms with E-state index in [1.165, 1.54) is 5.56 Å². The molecule has 2 aromatic heterocycles. The number of aromatic nitrogens is 3. The molecule has 1 N–H and O–H groups in total. The maximum atomic E-state index is 5.46. The minimum absolute atomic E-state index is 0.615. The molecule has 0 aliphatic heterocycles. The second-order valence-electron chi connectivity index (χ2n) is 5.08. The standard InChI is InChI=1S/C16H18N4O/c1-3-4-9-17-16-15-14(18-10-19-16)13(20-21-15)12-7-5-11(2)6-8-12/h5-8,10H,3-4,9H2,1-2H3,(H,17,18,19). The number of fused-ring (bicyclic) bond motifs is 1. The maximum absolute atomic E-state index is 5.46. The number of benzene rings is 1. The van der Waals surface area contributed by atoms with Gasteiger partial charge in [0.15, 0.2) is 5.82 Å². The average Bonchev–Trinajstić information content (AvgIpc) is 2.93. The zero-order valence-corrected chi connectivity index (χ0v) is 12.3. The van der Waals surface area contributed by atoms with Crippen LogP contribution in [-0.2, 0) is 0 Å². The predicted octanol–water partition coefficient (Wildman–Crippen LogP) is 3.81. The molecule has 5 heteroatoms. The third-order valence-corrected chi connectivity index (χ3v) is 3.40. The summed E-state index contributed by atoms with van der Waals surface area (Å²) in [5.74, 6) is 0.708. The Morgan fingerprint density at radius 2 is 1.95 bits per heavy atom. The molecule has 0 aliphatic carbocycles. The van der Waals surface area contributed by atoms with Crippen molar-refractivity contribution in [2.75, 3.05) is 11.9 Å². The van der Waals surface area contributed by atoms with Gasteiger partial charge in [-0.2, -0.15) is 0 Å². The van der Waals surface area contributed by atoms with Crippen molar-refractivity contribution in [3.8, 4) is 11.3 Å². The van der Waals surface area contributed by atoms with E-state index in [2.05, 4.69) is 46.4 Å². The van der Waals surface area contributed by atoms with Crippen LogP contribution < -0.4 is 5.32 Å². The number of rotatable bonds is 5. The third kappa shape index (κ3) is 2.72. The summed E-state index contributed by atoms with van der Waals surface area (Å²) in [5, 5.41) is 7.44. The van der Waals surface area contributed by atoms with Crippen LogP contribution in [0.1, 0.15) is 25.3 Å². The van der Waals surface area contributed by atoms with Crippen molar-refractivity contribution in [2.24, 2.45) is 0 Å². The monoisotopic (exact) mass is 282 g/mol. The van der Waals surface area contributed by atoms with Crippen LogP contribution in [0.5, 0.6) is 0 Å². The fraction of sp³-hybridized carbons (Fsp3) is 0.312. The Balaban J connectivity index is 1.98. The largest absolute Gasteiger partial charge is 0.367 e. The summed E-state index contributed by atoms with van der Waals surface area (Å²) in [6, 6.07) is 8.16. The Bertz CT molecular complexity index is 734. The highest BCUT2D eigenvalue weighted by atomic mass is 16.5. The lowest BCUT2D eigenvalue weighted by Gasteiger charge is -2.03. The molecule has 0 saturated heterocycles. The van der Waals surface area contributed by atoms with Gasteiger partial charge in [-0.25, -0.2) is 9.97 Å². The maximum Gasteiger partial charge on any atom is 0.228 e. The van der Waals surface area contributed by atoms with Gasteiger partial charge in [0, 0.05) is 12.1 Å². The molecule has 0 saturated carbocycles. The molecule has 0 unspecified atom stereocenters. The highest BCUT2D eigenvalue weighted by Crippen LogP contribution is 2.29. The van der Waals surface area contributed by atoms with Gasteiger partial charge in [-0.1, -0.05) is 48.3 Å². The van der Waals surface area contributed by atoms with Crippen LogP contribution in [0.3, 0.4) is 0 Å². The smallest absolute Gasteiger partial charge is 0.228 e. The Labute approximate surface area is 123 Å². The first-order chi connectivity index (χ1) is 10.3.